The number of likely N-dealkylation sites (tertiary alicyclic amines) is 1. The Morgan fingerprint density at radius 3 is 2.56 bits per heavy atom. The Morgan fingerprint density at radius 2 is 2.00 bits per heavy atom. The first kappa shape index (κ1) is 11.8. The monoisotopic (exact) mass is 255 g/mol. The fourth-order valence-electron chi connectivity index (χ4n) is 1.49. The minimum absolute atomic E-state index is 0.269. The van der Waals surface area contributed by atoms with Gasteiger partial charge in [0.05, 0.1) is 5.75 Å². The van der Waals surface area contributed by atoms with Crippen molar-refractivity contribution in [2.24, 2.45) is 0 Å². The van der Waals surface area contributed by atoms with Crippen LogP contribution in [0, 0.1) is 0 Å². The summed E-state index contributed by atoms with van der Waals surface area (Å²) in [7, 11) is 0. The van der Waals surface area contributed by atoms with Crippen LogP contribution in [-0.2, 0) is 10.5 Å². The summed E-state index contributed by atoms with van der Waals surface area (Å²) in [6.45, 7) is 1.89. The molecule has 0 saturated carbocycles. The molecule has 86 valence electrons. The molecule has 0 aromatic heterocycles. The lowest BCUT2D eigenvalue weighted by molar-refractivity contribution is -0.131. The first-order valence-corrected chi connectivity index (χ1v) is 6.89. The first-order chi connectivity index (χ1) is 7.75. The number of hydrogen-bond donors (Lipinski definition) is 0. The predicted molar refractivity (Wildman–Crippen MR) is 68.8 cm³/mol. The van der Waals surface area contributed by atoms with E-state index in [2.05, 4.69) is 0 Å². The number of carbonyl (C=O) groups excluding carboxylic acids is 1. The molecule has 0 spiro atoms. The summed E-state index contributed by atoms with van der Waals surface area (Å²) < 4.78 is 0. The quantitative estimate of drug-likeness (QED) is 0.825. The second-order valence-electron chi connectivity index (χ2n) is 3.85. The molecule has 0 unspecified atom stereocenters. The minimum Gasteiger partial charge on any atom is -0.342 e. The molecule has 0 radical (unpaired) electrons. The first-order valence-electron chi connectivity index (χ1n) is 5.35. The minimum atomic E-state index is 0.269. The van der Waals surface area contributed by atoms with Crippen molar-refractivity contribution in [1.29, 1.82) is 0 Å². The van der Waals surface area contributed by atoms with Crippen molar-refractivity contribution in [3.8, 4) is 0 Å². The van der Waals surface area contributed by atoms with Crippen LogP contribution in [0.15, 0.2) is 24.3 Å². The Labute approximate surface area is 105 Å². The van der Waals surface area contributed by atoms with E-state index in [9.17, 15) is 4.79 Å². The Kier molecular flexibility index (Phi) is 4.13. The fraction of sp³-hybridized carbons (Fsp3) is 0.417. The molecule has 1 heterocycles. The summed E-state index contributed by atoms with van der Waals surface area (Å²) in [4.78, 5) is 13.5. The van der Waals surface area contributed by atoms with Crippen LogP contribution in [0.2, 0.25) is 5.02 Å². The maximum absolute atomic E-state index is 11.6. The third-order valence-electron chi connectivity index (χ3n) is 2.62. The number of hydrogen-bond acceptors (Lipinski definition) is 2. The SMILES string of the molecule is O=C(CSCc1ccc(Cl)cc1)N1CCC1. The average molecular weight is 256 g/mol. The zero-order valence-corrected chi connectivity index (χ0v) is 10.6. The number of rotatable bonds is 4. The van der Waals surface area contributed by atoms with Crippen LogP contribution >= 0.6 is 23.4 Å². The molecule has 0 N–H and O–H groups in total. The van der Waals surface area contributed by atoms with E-state index in [1.54, 1.807) is 11.8 Å². The molecule has 2 rings (SSSR count). The summed E-state index contributed by atoms with van der Waals surface area (Å²) in [6, 6.07) is 7.77. The summed E-state index contributed by atoms with van der Waals surface area (Å²) in [5, 5.41) is 0.755. The van der Waals surface area contributed by atoms with Crippen LogP contribution in [0.5, 0.6) is 0 Å². The molecule has 0 aliphatic carbocycles. The number of benzene rings is 1. The van der Waals surface area contributed by atoms with E-state index in [0.29, 0.717) is 5.75 Å². The van der Waals surface area contributed by atoms with Gasteiger partial charge in [0.25, 0.3) is 0 Å². The summed E-state index contributed by atoms with van der Waals surface area (Å²) in [5.41, 5.74) is 1.21. The molecule has 1 aromatic carbocycles. The van der Waals surface area contributed by atoms with E-state index >= 15 is 0 Å². The molecule has 1 saturated heterocycles. The molecule has 1 aromatic rings. The van der Waals surface area contributed by atoms with Gasteiger partial charge in [0.15, 0.2) is 0 Å². The van der Waals surface area contributed by atoms with Gasteiger partial charge in [-0.2, -0.15) is 0 Å². The van der Waals surface area contributed by atoms with Crippen LogP contribution < -0.4 is 0 Å². The predicted octanol–water partition coefficient (Wildman–Crippen LogP) is 2.81. The number of halogens is 1. The van der Waals surface area contributed by atoms with Gasteiger partial charge >= 0.3 is 0 Å². The van der Waals surface area contributed by atoms with Crippen molar-refractivity contribution in [1.82, 2.24) is 4.90 Å². The maximum Gasteiger partial charge on any atom is 0.232 e. The lowest BCUT2D eigenvalue weighted by Crippen LogP contribution is -2.43. The van der Waals surface area contributed by atoms with Gasteiger partial charge in [-0.1, -0.05) is 23.7 Å². The van der Waals surface area contributed by atoms with Gasteiger partial charge in [-0.3, -0.25) is 4.79 Å². The van der Waals surface area contributed by atoms with Crippen molar-refractivity contribution in [2.75, 3.05) is 18.8 Å². The molecular weight excluding hydrogens is 242 g/mol. The summed E-state index contributed by atoms with van der Waals surface area (Å²) in [5.74, 6) is 1.73. The van der Waals surface area contributed by atoms with Crippen molar-refractivity contribution in [2.45, 2.75) is 12.2 Å². The van der Waals surface area contributed by atoms with Gasteiger partial charge in [-0.05, 0) is 24.1 Å². The number of nitrogens with zero attached hydrogens (tertiary/aromatic N) is 1. The Bertz CT molecular complexity index is 362. The molecule has 1 aliphatic rings. The van der Waals surface area contributed by atoms with Crippen molar-refractivity contribution < 1.29 is 4.79 Å². The number of amides is 1. The molecule has 1 fully saturated rings. The van der Waals surface area contributed by atoms with Crippen molar-refractivity contribution in [3.63, 3.8) is 0 Å². The van der Waals surface area contributed by atoms with E-state index < -0.39 is 0 Å². The normalized spacial score (nSPS) is 14.7. The van der Waals surface area contributed by atoms with Gasteiger partial charge in [0.1, 0.15) is 0 Å². The third-order valence-corrected chi connectivity index (χ3v) is 3.86. The van der Waals surface area contributed by atoms with Gasteiger partial charge < -0.3 is 4.90 Å². The summed E-state index contributed by atoms with van der Waals surface area (Å²) >= 11 is 7.46. The Morgan fingerprint density at radius 1 is 1.31 bits per heavy atom. The highest BCUT2D eigenvalue weighted by molar-refractivity contribution is 7.99. The van der Waals surface area contributed by atoms with E-state index in [1.165, 1.54) is 5.56 Å². The second kappa shape index (κ2) is 5.60. The second-order valence-corrected chi connectivity index (χ2v) is 5.28. The topological polar surface area (TPSA) is 20.3 Å². The van der Waals surface area contributed by atoms with Gasteiger partial charge in [-0.15, -0.1) is 11.8 Å². The van der Waals surface area contributed by atoms with Gasteiger partial charge in [0, 0.05) is 23.9 Å². The Balaban J connectivity index is 1.71. The van der Waals surface area contributed by atoms with Crippen LogP contribution in [-0.4, -0.2) is 29.6 Å². The van der Waals surface area contributed by atoms with Crippen LogP contribution in [0.1, 0.15) is 12.0 Å². The van der Waals surface area contributed by atoms with E-state index in [-0.39, 0.29) is 5.91 Å². The fourth-order valence-corrected chi connectivity index (χ4v) is 2.51. The number of thioether (sulfide) groups is 1. The van der Waals surface area contributed by atoms with Crippen LogP contribution in [0.25, 0.3) is 0 Å². The van der Waals surface area contributed by atoms with E-state index in [0.717, 1.165) is 30.3 Å². The lowest BCUT2D eigenvalue weighted by atomic mass is 10.2. The zero-order valence-electron chi connectivity index (χ0n) is 8.99. The van der Waals surface area contributed by atoms with Crippen molar-refractivity contribution >= 4 is 29.3 Å². The highest BCUT2D eigenvalue weighted by Crippen LogP contribution is 2.17. The molecule has 0 atom stereocenters. The number of carbonyl (C=O) groups is 1. The smallest absolute Gasteiger partial charge is 0.232 e. The molecule has 1 aliphatic heterocycles. The molecule has 0 bridgehead atoms. The largest absolute Gasteiger partial charge is 0.342 e. The van der Waals surface area contributed by atoms with Crippen LogP contribution in [0.4, 0.5) is 0 Å². The lowest BCUT2D eigenvalue weighted by Gasteiger charge is -2.30. The maximum atomic E-state index is 11.6. The Hall–Kier alpha value is -0.670. The summed E-state index contributed by atoms with van der Waals surface area (Å²) in [6.07, 6.45) is 1.16. The highest BCUT2D eigenvalue weighted by Gasteiger charge is 2.19. The van der Waals surface area contributed by atoms with Gasteiger partial charge in [-0.25, -0.2) is 0 Å². The standard InChI is InChI=1S/C12H14ClNOS/c13-11-4-2-10(3-5-11)8-16-9-12(15)14-6-1-7-14/h2-5H,1,6-9H2. The molecule has 1 amide bonds. The average Bonchev–Trinajstić information content (AvgIpc) is 2.18. The zero-order chi connectivity index (χ0) is 11.4. The molecular formula is C12H14ClNOS. The third kappa shape index (κ3) is 3.16. The van der Waals surface area contributed by atoms with E-state index in [4.69, 9.17) is 11.6 Å². The van der Waals surface area contributed by atoms with Crippen LogP contribution in [0.3, 0.4) is 0 Å². The van der Waals surface area contributed by atoms with Crippen molar-refractivity contribution in [3.05, 3.63) is 34.9 Å². The molecule has 16 heavy (non-hydrogen) atoms. The van der Waals surface area contributed by atoms with Gasteiger partial charge in [0.2, 0.25) is 5.91 Å². The molecule has 2 nitrogen and oxygen atoms in total. The van der Waals surface area contributed by atoms with E-state index in [1.807, 2.05) is 29.2 Å². The highest BCUT2D eigenvalue weighted by atomic mass is 35.5. The molecule has 4 heteroatoms.